The maximum absolute atomic E-state index is 9.18. The van der Waals surface area contributed by atoms with E-state index >= 15 is 0 Å². The van der Waals surface area contributed by atoms with Crippen LogP contribution in [0.3, 0.4) is 0 Å². The van der Waals surface area contributed by atoms with Gasteiger partial charge in [0, 0.05) is 6.04 Å². The van der Waals surface area contributed by atoms with Crippen molar-refractivity contribution in [1.29, 1.82) is 5.26 Å². The smallest absolute Gasteiger partial charge is 0.0991 e. The van der Waals surface area contributed by atoms with Gasteiger partial charge in [-0.05, 0) is 44.0 Å². The van der Waals surface area contributed by atoms with Crippen molar-refractivity contribution in [2.75, 3.05) is 14.1 Å². The maximum Gasteiger partial charge on any atom is 0.0991 e. The lowest BCUT2D eigenvalue weighted by atomic mass is 9.77. The van der Waals surface area contributed by atoms with E-state index in [1.54, 1.807) is 0 Å². The van der Waals surface area contributed by atoms with Crippen molar-refractivity contribution < 1.29 is 0 Å². The van der Waals surface area contributed by atoms with Gasteiger partial charge in [0.05, 0.1) is 11.6 Å². The third-order valence-electron chi connectivity index (χ3n) is 3.46. The van der Waals surface area contributed by atoms with E-state index in [2.05, 4.69) is 50.2 Å². The Morgan fingerprint density at radius 1 is 1.44 bits per heavy atom. The molecule has 2 nitrogen and oxygen atoms in total. The number of hydrogen-bond acceptors (Lipinski definition) is 2. The van der Waals surface area contributed by atoms with E-state index in [4.69, 9.17) is 0 Å². The van der Waals surface area contributed by atoms with Crippen molar-refractivity contribution in [2.24, 2.45) is 5.92 Å². The van der Waals surface area contributed by atoms with Crippen LogP contribution in [0, 0.1) is 17.2 Å². The Labute approximate surface area is 97.6 Å². The van der Waals surface area contributed by atoms with E-state index < -0.39 is 0 Å². The summed E-state index contributed by atoms with van der Waals surface area (Å²) in [7, 11) is 4.22. The molecular weight excluding hydrogens is 196 g/mol. The van der Waals surface area contributed by atoms with Gasteiger partial charge in [-0.1, -0.05) is 25.2 Å². The Balaban J connectivity index is 2.48. The van der Waals surface area contributed by atoms with Gasteiger partial charge in [0.15, 0.2) is 0 Å². The second-order valence-corrected chi connectivity index (χ2v) is 4.83. The van der Waals surface area contributed by atoms with Crippen molar-refractivity contribution in [2.45, 2.75) is 25.8 Å². The van der Waals surface area contributed by atoms with E-state index in [0.717, 1.165) is 18.4 Å². The zero-order chi connectivity index (χ0) is 11.7. The van der Waals surface area contributed by atoms with Gasteiger partial charge >= 0.3 is 0 Å². The molecule has 0 aromatic heterocycles. The number of rotatable bonds is 1. The van der Waals surface area contributed by atoms with Crippen LogP contribution in [0.1, 0.15) is 19.8 Å². The van der Waals surface area contributed by atoms with Crippen LogP contribution in [-0.2, 0) is 0 Å². The van der Waals surface area contributed by atoms with E-state index in [1.807, 2.05) is 0 Å². The third-order valence-corrected chi connectivity index (χ3v) is 3.46. The van der Waals surface area contributed by atoms with Crippen molar-refractivity contribution >= 4 is 0 Å². The fraction of sp³-hybridized carbons (Fsp3) is 0.500. The molecule has 0 fully saturated rings. The second-order valence-electron chi connectivity index (χ2n) is 4.83. The minimum atomic E-state index is 0.408. The van der Waals surface area contributed by atoms with Gasteiger partial charge in [-0.2, -0.15) is 5.26 Å². The standard InChI is InChI=1S/C14H18N2/c1-10-8-11(9-15)12-6-4-5-7-13(12)14(10)16(2)3/h5,7-8,10,14H,4,6H2,1-3H3/t10-,14?/m1/s1. The molecule has 0 aliphatic heterocycles. The van der Waals surface area contributed by atoms with Crippen LogP contribution in [-0.4, -0.2) is 25.0 Å². The van der Waals surface area contributed by atoms with Gasteiger partial charge in [-0.25, -0.2) is 0 Å². The minimum absolute atomic E-state index is 0.408. The van der Waals surface area contributed by atoms with Gasteiger partial charge < -0.3 is 4.90 Å². The van der Waals surface area contributed by atoms with Crippen molar-refractivity contribution in [3.8, 4) is 6.07 Å². The number of nitrogens with zero attached hydrogens (tertiary/aromatic N) is 2. The van der Waals surface area contributed by atoms with Gasteiger partial charge in [-0.15, -0.1) is 0 Å². The molecule has 2 aliphatic rings. The van der Waals surface area contributed by atoms with E-state index in [9.17, 15) is 5.26 Å². The third kappa shape index (κ3) is 1.72. The van der Waals surface area contributed by atoms with Crippen LogP contribution in [0.4, 0.5) is 0 Å². The Kier molecular flexibility index (Phi) is 2.98. The fourth-order valence-corrected chi connectivity index (χ4v) is 2.84. The average molecular weight is 214 g/mol. The number of likely N-dealkylation sites (N-methyl/N-ethyl adjacent to an activating group) is 1. The van der Waals surface area contributed by atoms with Crippen LogP contribution < -0.4 is 0 Å². The molecule has 0 saturated heterocycles. The molecule has 1 unspecified atom stereocenters. The van der Waals surface area contributed by atoms with Gasteiger partial charge in [0.1, 0.15) is 0 Å². The quantitative estimate of drug-likeness (QED) is 0.671. The number of nitriles is 1. The van der Waals surface area contributed by atoms with E-state index in [0.29, 0.717) is 12.0 Å². The molecule has 16 heavy (non-hydrogen) atoms. The largest absolute Gasteiger partial charge is 0.302 e. The first kappa shape index (κ1) is 11.2. The van der Waals surface area contributed by atoms with Crippen molar-refractivity contribution in [3.63, 3.8) is 0 Å². The Hall–Kier alpha value is -1.33. The van der Waals surface area contributed by atoms with Gasteiger partial charge in [0.2, 0.25) is 0 Å². The molecule has 2 heteroatoms. The van der Waals surface area contributed by atoms with Crippen LogP contribution >= 0.6 is 0 Å². The first-order chi connectivity index (χ1) is 7.65. The first-order valence-electron chi connectivity index (χ1n) is 5.83. The normalized spacial score (nSPS) is 28.8. The summed E-state index contributed by atoms with van der Waals surface area (Å²) in [5.41, 5.74) is 3.51. The molecule has 2 rings (SSSR count). The highest BCUT2D eigenvalue weighted by Crippen LogP contribution is 2.36. The van der Waals surface area contributed by atoms with Crippen LogP contribution in [0.2, 0.25) is 0 Å². The molecule has 0 N–H and O–H groups in total. The summed E-state index contributed by atoms with van der Waals surface area (Å²) in [5, 5.41) is 9.18. The zero-order valence-electron chi connectivity index (χ0n) is 10.2. The lowest BCUT2D eigenvalue weighted by molar-refractivity contribution is 0.282. The summed E-state index contributed by atoms with van der Waals surface area (Å²) in [5.74, 6) is 0.408. The van der Waals surface area contributed by atoms with Crippen molar-refractivity contribution in [3.05, 3.63) is 34.9 Å². The summed E-state index contributed by atoms with van der Waals surface area (Å²) < 4.78 is 0. The summed E-state index contributed by atoms with van der Waals surface area (Å²) in [6, 6.07) is 2.76. The van der Waals surface area contributed by atoms with E-state index in [1.165, 1.54) is 11.1 Å². The summed E-state index contributed by atoms with van der Waals surface area (Å²) in [6.45, 7) is 2.19. The summed E-state index contributed by atoms with van der Waals surface area (Å²) in [4.78, 5) is 2.25. The molecule has 2 aliphatic carbocycles. The molecule has 0 bridgehead atoms. The average Bonchev–Trinajstić information content (AvgIpc) is 2.27. The zero-order valence-corrected chi connectivity index (χ0v) is 10.2. The van der Waals surface area contributed by atoms with Crippen LogP contribution in [0.15, 0.2) is 34.9 Å². The lowest BCUT2D eigenvalue weighted by Gasteiger charge is -2.36. The molecule has 0 heterocycles. The molecule has 0 amide bonds. The predicted octanol–water partition coefficient (Wildman–Crippen LogP) is 2.66. The number of allylic oxidation sites excluding steroid dienone is 3. The minimum Gasteiger partial charge on any atom is -0.302 e. The molecule has 2 atom stereocenters. The Bertz CT molecular complexity index is 419. The van der Waals surface area contributed by atoms with Crippen molar-refractivity contribution in [1.82, 2.24) is 4.90 Å². The highest BCUT2D eigenvalue weighted by molar-refractivity contribution is 5.54. The van der Waals surface area contributed by atoms with E-state index in [-0.39, 0.29) is 0 Å². The topological polar surface area (TPSA) is 27.0 Å². The molecular formula is C14H18N2. The lowest BCUT2D eigenvalue weighted by Crippen LogP contribution is -2.37. The van der Waals surface area contributed by atoms with Crippen LogP contribution in [0.25, 0.3) is 0 Å². The second kappa shape index (κ2) is 4.27. The van der Waals surface area contributed by atoms with Gasteiger partial charge in [0.25, 0.3) is 0 Å². The predicted molar refractivity (Wildman–Crippen MR) is 65.7 cm³/mol. The SMILES string of the molecule is C[C@@H]1C=C(C#N)C2=C(C=CCC2)C1N(C)C. The van der Waals surface area contributed by atoms with Gasteiger partial charge in [-0.3, -0.25) is 0 Å². The highest BCUT2D eigenvalue weighted by Gasteiger charge is 2.30. The Morgan fingerprint density at radius 3 is 2.81 bits per heavy atom. The molecule has 0 radical (unpaired) electrons. The number of hydrogen-bond donors (Lipinski definition) is 0. The Morgan fingerprint density at radius 2 is 2.19 bits per heavy atom. The first-order valence-corrected chi connectivity index (χ1v) is 5.83. The maximum atomic E-state index is 9.18. The molecule has 0 aromatic carbocycles. The van der Waals surface area contributed by atoms with Crippen LogP contribution in [0.5, 0.6) is 0 Å². The summed E-state index contributed by atoms with van der Waals surface area (Å²) in [6.07, 6.45) is 8.64. The molecule has 0 spiro atoms. The fourth-order valence-electron chi connectivity index (χ4n) is 2.84. The monoisotopic (exact) mass is 214 g/mol. The summed E-state index contributed by atoms with van der Waals surface area (Å²) >= 11 is 0. The molecule has 0 aromatic rings. The molecule has 0 saturated carbocycles. The highest BCUT2D eigenvalue weighted by atomic mass is 15.1. The molecule has 84 valence electrons.